The molecule has 1 aliphatic rings. The summed E-state index contributed by atoms with van der Waals surface area (Å²) in [6, 6.07) is 12.3. The molecule has 0 amide bonds. The van der Waals surface area contributed by atoms with E-state index in [0.29, 0.717) is 6.42 Å². The van der Waals surface area contributed by atoms with Crippen LogP contribution in [0.3, 0.4) is 0 Å². The van der Waals surface area contributed by atoms with Gasteiger partial charge in [0.05, 0.1) is 17.6 Å². The lowest BCUT2D eigenvalue weighted by molar-refractivity contribution is 0.0376. The van der Waals surface area contributed by atoms with Crippen molar-refractivity contribution in [2.75, 3.05) is 0 Å². The number of aliphatic hydroxyl groups excluding tert-OH is 1. The zero-order valence-corrected chi connectivity index (χ0v) is 10.1. The molecule has 2 heteroatoms. The van der Waals surface area contributed by atoms with E-state index in [1.54, 1.807) is 0 Å². The maximum absolute atomic E-state index is 10.4. The number of benzene rings is 1. The molecule has 1 aliphatic carbocycles. The van der Waals surface area contributed by atoms with Crippen molar-refractivity contribution in [3.8, 4) is 6.07 Å². The van der Waals surface area contributed by atoms with Crippen LogP contribution in [0.4, 0.5) is 0 Å². The molecule has 17 heavy (non-hydrogen) atoms. The zero-order valence-electron chi connectivity index (χ0n) is 10.1. The van der Waals surface area contributed by atoms with Gasteiger partial charge < -0.3 is 5.11 Å². The van der Waals surface area contributed by atoms with E-state index in [4.69, 9.17) is 0 Å². The van der Waals surface area contributed by atoms with E-state index in [2.05, 4.69) is 6.07 Å². The third kappa shape index (κ3) is 2.68. The fourth-order valence-corrected chi connectivity index (χ4v) is 2.73. The molecule has 0 heterocycles. The summed E-state index contributed by atoms with van der Waals surface area (Å²) in [6.07, 6.45) is 5.08. The van der Waals surface area contributed by atoms with E-state index in [1.807, 2.05) is 30.3 Å². The van der Waals surface area contributed by atoms with Crippen molar-refractivity contribution in [1.29, 1.82) is 5.26 Å². The SMILES string of the molecule is N#CC1(C(O)Cc2ccccc2)CCCCC1. The van der Waals surface area contributed by atoms with Gasteiger partial charge in [-0.2, -0.15) is 5.26 Å². The van der Waals surface area contributed by atoms with Crippen LogP contribution in [-0.4, -0.2) is 11.2 Å². The van der Waals surface area contributed by atoms with Crippen molar-refractivity contribution in [3.63, 3.8) is 0 Å². The monoisotopic (exact) mass is 229 g/mol. The first-order valence-electron chi connectivity index (χ1n) is 6.40. The molecule has 1 aromatic rings. The second-order valence-electron chi connectivity index (χ2n) is 5.03. The molecule has 1 aromatic carbocycles. The van der Waals surface area contributed by atoms with E-state index in [-0.39, 0.29) is 0 Å². The molecule has 0 bridgehead atoms. The maximum atomic E-state index is 10.4. The van der Waals surface area contributed by atoms with Crippen molar-refractivity contribution in [3.05, 3.63) is 35.9 Å². The summed E-state index contributed by atoms with van der Waals surface area (Å²) >= 11 is 0. The average Bonchev–Trinajstić information content (AvgIpc) is 2.40. The topological polar surface area (TPSA) is 44.0 Å². The first-order chi connectivity index (χ1) is 8.27. The minimum Gasteiger partial charge on any atom is -0.391 e. The molecule has 0 aliphatic heterocycles. The summed E-state index contributed by atoms with van der Waals surface area (Å²) in [5.74, 6) is 0. The third-order valence-corrected chi connectivity index (χ3v) is 3.88. The minimum atomic E-state index is -0.532. The van der Waals surface area contributed by atoms with Crippen LogP contribution in [0, 0.1) is 16.7 Å². The van der Waals surface area contributed by atoms with E-state index in [9.17, 15) is 10.4 Å². The molecule has 1 unspecified atom stereocenters. The van der Waals surface area contributed by atoms with Gasteiger partial charge in [-0.25, -0.2) is 0 Å². The molecule has 1 saturated carbocycles. The lowest BCUT2D eigenvalue weighted by Gasteiger charge is -2.35. The molecule has 0 radical (unpaired) electrons. The molecular formula is C15H19NO. The number of rotatable bonds is 3. The van der Waals surface area contributed by atoms with Crippen LogP contribution in [0.1, 0.15) is 37.7 Å². The van der Waals surface area contributed by atoms with Crippen LogP contribution < -0.4 is 0 Å². The molecule has 1 fully saturated rings. The lowest BCUT2D eigenvalue weighted by Crippen LogP contribution is -2.37. The van der Waals surface area contributed by atoms with Gasteiger partial charge in [-0.3, -0.25) is 0 Å². The average molecular weight is 229 g/mol. The van der Waals surface area contributed by atoms with E-state index < -0.39 is 11.5 Å². The molecular weight excluding hydrogens is 210 g/mol. The van der Waals surface area contributed by atoms with E-state index in [0.717, 1.165) is 31.2 Å². The normalized spacial score (nSPS) is 20.5. The van der Waals surface area contributed by atoms with Crippen molar-refractivity contribution >= 4 is 0 Å². The quantitative estimate of drug-likeness (QED) is 0.865. The van der Waals surface area contributed by atoms with Gasteiger partial charge in [0.2, 0.25) is 0 Å². The van der Waals surface area contributed by atoms with Gasteiger partial charge >= 0.3 is 0 Å². The Morgan fingerprint density at radius 3 is 2.41 bits per heavy atom. The van der Waals surface area contributed by atoms with Crippen molar-refractivity contribution in [2.45, 2.75) is 44.6 Å². The number of aliphatic hydroxyl groups is 1. The highest BCUT2D eigenvalue weighted by Gasteiger charge is 2.39. The fraction of sp³-hybridized carbons (Fsp3) is 0.533. The molecule has 1 atom stereocenters. The summed E-state index contributed by atoms with van der Waals surface area (Å²) < 4.78 is 0. The van der Waals surface area contributed by atoms with Gasteiger partial charge in [0.25, 0.3) is 0 Å². The van der Waals surface area contributed by atoms with Crippen molar-refractivity contribution in [1.82, 2.24) is 0 Å². The van der Waals surface area contributed by atoms with Gasteiger partial charge in [-0.1, -0.05) is 49.6 Å². The first-order valence-corrected chi connectivity index (χ1v) is 6.40. The van der Waals surface area contributed by atoms with Crippen LogP contribution in [0.2, 0.25) is 0 Å². The van der Waals surface area contributed by atoms with Gasteiger partial charge in [-0.05, 0) is 24.8 Å². The summed E-state index contributed by atoms with van der Waals surface area (Å²) in [4.78, 5) is 0. The standard InChI is InChI=1S/C15H19NO/c16-12-15(9-5-2-6-10-15)14(17)11-13-7-3-1-4-8-13/h1,3-4,7-8,14,17H,2,5-6,9-11H2. The highest BCUT2D eigenvalue weighted by Crippen LogP contribution is 2.39. The molecule has 0 aromatic heterocycles. The van der Waals surface area contributed by atoms with Gasteiger partial charge in [-0.15, -0.1) is 0 Å². The highest BCUT2D eigenvalue weighted by molar-refractivity contribution is 5.18. The van der Waals surface area contributed by atoms with Gasteiger partial charge in [0.1, 0.15) is 0 Å². The van der Waals surface area contributed by atoms with Crippen molar-refractivity contribution in [2.24, 2.45) is 5.41 Å². The summed E-state index contributed by atoms with van der Waals surface area (Å²) in [5.41, 5.74) is 0.605. The molecule has 1 N–H and O–H groups in total. The Hall–Kier alpha value is -1.33. The molecule has 90 valence electrons. The molecule has 2 nitrogen and oxygen atoms in total. The fourth-order valence-electron chi connectivity index (χ4n) is 2.73. The Bertz CT molecular complexity index is 387. The number of nitrogens with zero attached hydrogens (tertiary/aromatic N) is 1. The lowest BCUT2D eigenvalue weighted by atomic mass is 9.70. The largest absolute Gasteiger partial charge is 0.391 e. The van der Waals surface area contributed by atoms with E-state index >= 15 is 0 Å². The first kappa shape index (κ1) is 12.1. The maximum Gasteiger partial charge on any atom is 0.0835 e. The predicted molar refractivity (Wildman–Crippen MR) is 67.3 cm³/mol. The van der Waals surface area contributed by atoms with Crippen LogP contribution in [0.5, 0.6) is 0 Å². The third-order valence-electron chi connectivity index (χ3n) is 3.88. The number of hydrogen-bond donors (Lipinski definition) is 1. The summed E-state index contributed by atoms with van der Waals surface area (Å²) in [6.45, 7) is 0. The zero-order chi connectivity index (χ0) is 12.1. The molecule has 0 spiro atoms. The smallest absolute Gasteiger partial charge is 0.0835 e. The molecule has 0 saturated heterocycles. The molecule has 2 rings (SSSR count). The van der Waals surface area contributed by atoms with Crippen molar-refractivity contribution < 1.29 is 5.11 Å². The second-order valence-corrected chi connectivity index (χ2v) is 5.03. The Morgan fingerprint density at radius 2 is 1.82 bits per heavy atom. The second kappa shape index (κ2) is 5.33. The van der Waals surface area contributed by atoms with Crippen LogP contribution in [0.15, 0.2) is 30.3 Å². The van der Waals surface area contributed by atoms with Gasteiger partial charge in [0, 0.05) is 0 Å². The van der Waals surface area contributed by atoms with Crippen LogP contribution in [-0.2, 0) is 6.42 Å². The Labute approximate surface area is 103 Å². The summed E-state index contributed by atoms with van der Waals surface area (Å²) in [5, 5.41) is 19.7. The summed E-state index contributed by atoms with van der Waals surface area (Å²) in [7, 11) is 0. The predicted octanol–water partition coefficient (Wildman–Crippen LogP) is 3.06. The number of nitriles is 1. The number of hydrogen-bond acceptors (Lipinski definition) is 2. The highest BCUT2D eigenvalue weighted by atomic mass is 16.3. The Morgan fingerprint density at radius 1 is 1.18 bits per heavy atom. The van der Waals surface area contributed by atoms with Crippen LogP contribution >= 0.6 is 0 Å². The van der Waals surface area contributed by atoms with Crippen LogP contribution in [0.25, 0.3) is 0 Å². The Kier molecular flexibility index (Phi) is 3.81. The van der Waals surface area contributed by atoms with Gasteiger partial charge in [0.15, 0.2) is 0 Å². The Balaban J connectivity index is 2.08. The minimum absolute atomic E-state index is 0.506. The van der Waals surface area contributed by atoms with E-state index in [1.165, 1.54) is 6.42 Å².